The average Bonchev–Trinajstić information content (AvgIpc) is 2.73. The summed E-state index contributed by atoms with van der Waals surface area (Å²) in [5.74, 6) is -0.234. The Kier molecular flexibility index (Phi) is 5.36. The molecule has 1 aromatic heterocycles. The highest BCUT2D eigenvalue weighted by Crippen LogP contribution is 2.29. The lowest BCUT2D eigenvalue weighted by Crippen LogP contribution is -2.03. The first kappa shape index (κ1) is 19.2. The lowest BCUT2D eigenvalue weighted by atomic mass is 10.1. The first-order chi connectivity index (χ1) is 14.0. The van der Waals surface area contributed by atoms with Crippen LogP contribution in [0.25, 0.3) is 22.3 Å². The predicted molar refractivity (Wildman–Crippen MR) is 111 cm³/mol. The van der Waals surface area contributed by atoms with Crippen LogP contribution in [0.15, 0.2) is 71.8 Å². The lowest BCUT2D eigenvalue weighted by Gasteiger charge is -2.09. The molecule has 144 valence electrons. The maximum Gasteiger partial charge on any atom is 0.173 e. The number of hydrogen-bond acceptors (Lipinski definition) is 4. The van der Waals surface area contributed by atoms with Gasteiger partial charge < -0.3 is 0 Å². The zero-order valence-electron chi connectivity index (χ0n) is 15.5. The van der Waals surface area contributed by atoms with E-state index in [9.17, 15) is 13.6 Å². The molecule has 4 rings (SSSR count). The van der Waals surface area contributed by atoms with Crippen molar-refractivity contribution in [2.24, 2.45) is 0 Å². The van der Waals surface area contributed by atoms with E-state index in [1.807, 2.05) is 19.1 Å². The summed E-state index contributed by atoms with van der Waals surface area (Å²) in [6.45, 7) is 1.96. The molecule has 0 saturated heterocycles. The molecule has 0 amide bonds. The van der Waals surface area contributed by atoms with E-state index in [1.165, 1.54) is 36.0 Å². The van der Waals surface area contributed by atoms with E-state index in [0.29, 0.717) is 32.9 Å². The Bertz CT molecular complexity index is 1190. The third kappa shape index (κ3) is 4.32. The minimum absolute atomic E-state index is 0.0403. The molecule has 3 nitrogen and oxygen atoms in total. The molecule has 0 aliphatic heterocycles. The number of rotatable bonds is 5. The summed E-state index contributed by atoms with van der Waals surface area (Å²) >= 11 is 1.24. The van der Waals surface area contributed by atoms with E-state index in [0.717, 1.165) is 5.56 Å². The molecule has 6 heteroatoms. The van der Waals surface area contributed by atoms with E-state index in [2.05, 4.69) is 9.97 Å². The molecule has 4 aromatic rings. The lowest BCUT2D eigenvalue weighted by molar-refractivity contribution is 0.102. The van der Waals surface area contributed by atoms with Crippen LogP contribution in [0.4, 0.5) is 8.78 Å². The zero-order chi connectivity index (χ0) is 20.4. The Morgan fingerprint density at radius 1 is 0.897 bits per heavy atom. The van der Waals surface area contributed by atoms with Crippen LogP contribution in [0, 0.1) is 18.6 Å². The minimum Gasteiger partial charge on any atom is -0.293 e. The third-order valence-corrected chi connectivity index (χ3v) is 5.43. The minimum atomic E-state index is -0.401. The number of ketones is 1. The van der Waals surface area contributed by atoms with E-state index < -0.39 is 5.82 Å². The number of aromatic nitrogens is 2. The fraction of sp³-hybridized carbons (Fsp3) is 0.0870. The number of fused-ring (bicyclic) bond motifs is 1. The summed E-state index contributed by atoms with van der Waals surface area (Å²) < 4.78 is 27.1. The molecule has 0 saturated carbocycles. The van der Waals surface area contributed by atoms with Crippen LogP contribution in [-0.4, -0.2) is 21.5 Å². The van der Waals surface area contributed by atoms with Crippen molar-refractivity contribution in [2.45, 2.75) is 11.9 Å². The zero-order valence-corrected chi connectivity index (χ0v) is 16.3. The molecule has 0 atom stereocenters. The van der Waals surface area contributed by atoms with Gasteiger partial charge in [0.05, 0.1) is 11.3 Å². The summed E-state index contributed by atoms with van der Waals surface area (Å²) in [6, 6.07) is 17.5. The normalized spacial score (nSPS) is 11.0. The van der Waals surface area contributed by atoms with Crippen LogP contribution < -0.4 is 0 Å². The Balaban J connectivity index is 1.69. The molecule has 0 aliphatic rings. The molecule has 0 spiro atoms. The molecule has 29 heavy (non-hydrogen) atoms. The van der Waals surface area contributed by atoms with Crippen LogP contribution >= 0.6 is 11.8 Å². The monoisotopic (exact) mass is 406 g/mol. The summed E-state index contributed by atoms with van der Waals surface area (Å²) in [4.78, 5) is 21.6. The first-order valence-corrected chi connectivity index (χ1v) is 9.94. The van der Waals surface area contributed by atoms with Gasteiger partial charge in [-0.25, -0.2) is 18.7 Å². The predicted octanol–water partition coefficient (Wildman–Crippen LogP) is 5.86. The van der Waals surface area contributed by atoms with Crippen molar-refractivity contribution < 1.29 is 13.6 Å². The maximum absolute atomic E-state index is 13.8. The summed E-state index contributed by atoms with van der Waals surface area (Å²) in [6.07, 6.45) is 0. The first-order valence-electron chi connectivity index (χ1n) is 8.95. The Morgan fingerprint density at radius 3 is 2.31 bits per heavy atom. The molecule has 1 heterocycles. The number of thioether (sulfide) groups is 1. The van der Waals surface area contributed by atoms with Crippen LogP contribution in [0.5, 0.6) is 0 Å². The molecular weight excluding hydrogens is 390 g/mol. The number of nitrogens with zero attached hydrogens (tertiary/aromatic N) is 2. The average molecular weight is 406 g/mol. The van der Waals surface area contributed by atoms with Gasteiger partial charge >= 0.3 is 0 Å². The highest BCUT2D eigenvalue weighted by Gasteiger charge is 2.14. The second kappa shape index (κ2) is 8.09. The number of aryl methyl sites for hydroxylation is 1. The number of carbonyl (C=O) groups is 1. The van der Waals surface area contributed by atoms with Gasteiger partial charge in [0, 0.05) is 16.5 Å². The molecule has 0 bridgehead atoms. The van der Waals surface area contributed by atoms with Gasteiger partial charge in [-0.05, 0) is 49.4 Å². The fourth-order valence-electron chi connectivity index (χ4n) is 2.87. The Hall–Kier alpha value is -3.12. The van der Waals surface area contributed by atoms with Gasteiger partial charge in [-0.2, -0.15) is 0 Å². The van der Waals surface area contributed by atoms with Gasteiger partial charge in [-0.3, -0.25) is 4.79 Å². The molecule has 0 unspecified atom stereocenters. The van der Waals surface area contributed by atoms with Crippen LogP contribution in [0.2, 0.25) is 0 Å². The van der Waals surface area contributed by atoms with Crippen molar-refractivity contribution in [3.05, 3.63) is 89.5 Å². The van der Waals surface area contributed by atoms with Crippen LogP contribution in [-0.2, 0) is 0 Å². The van der Waals surface area contributed by atoms with Gasteiger partial charge in [-0.15, -0.1) is 0 Å². The van der Waals surface area contributed by atoms with Crippen LogP contribution in [0.1, 0.15) is 15.9 Å². The van der Waals surface area contributed by atoms with Crippen molar-refractivity contribution in [1.29, 1.82) is 0 Å². The maximum atomic E-state index is 13.8. The summed E-state index contributed by atoms with van der Waals surface area (Å²) in [7, 11) is 0. The Labute approximate surface area is 170 Å². The third-order valence-electron chi connectivity index (χ3n) is 4.44. The number of carbonyl (C=O) groups excluding carboxylic acids is 1. The highest BCUT2D eigenvalue weighted by atomic mass is 32.2. The topological polar surface area (TPSA) is 42.9 Å². The van der Waals surface area contributed by atoms with E-state index in [1.54, 1.807) is 30.3 Å². The van der Waals surface area contributed by atoms with Gasteiger partial charge in [0.1, 0.15) is 16.7 Å². The quantitative estimate of drug-likeness (QED) is 0.237. The van der Waals surface area contributed by atoms with E-state index >= 15 is 0 Å². The number of benzene rings is 3. The largest absolute Gasteiger partial charge is 0.293 e. The second-order valence-corrected chi connectivity index (χ2v) is 7.56. The summed E-state index contributed by atoms with van der Waals surface area (Å²) in [5.41, 5.74) is 2.90. The SMILES string of the molecule is Cc1ccc(C(=O)CSc2nc(-c3ccc(F)cc3)nc3ccc(F)cc23)cc1. The number of hydrogen-bond donors (Lipinski definition) is 0. The van der Waals surface area contributed by atoms with Gasteiger partial charge in [0.2, 0.25) is 0 Å². The second-order valence-electron chi connectivity index (χ2n) is 6.60. The van der Waals surface area contributed by atoms with Crippen molar-refractivity contribution in [2.75, 3.05) is 5.75 Å². The van der Waals surface area contributed by atoms with Gasteiger partial charge in [0.15, 0.2) is 11.6 Å². The van der Waals surface area contributed by atoms with Crippen molar-refractivity contribution >= 4 is 28.4 Å². The van der Waals surface area contributed by atoms with Crippen molar-refractivity contribution in [1.82, 2.24) is 9.97 Å². The van der Waals surface area contributed by atoms with E-state index in [4.69, 9.17) is 0 Å². The number of Topliss-reactive ketones (excluding diaryl/α,β-unsaturated/α-hetero) is 1. The standard InChI is InChI=1S/C23H16F2N2OS/c1-14-2-4-15(5-3-14)21(28)13-29-23-19-12-18(25)10-11-20(19)26-22(27-23)16-6-8-17(24)9-7-16/h2-12H,13H2,1H3. The molecule has 0 fully saturated rings. The van der Waals surface area contributed by atoms with Gasteiger partial charge in [0.25, 0.3) is 0 Å². The van der Waals surface area contributed by atoms with Gasteiger partial charge in [-0.1, -0.05) is 41.6 Å². The molecule has 3 aromatic carbocycles. The molecular formula is C23H16F2N2OS. The Morgan fingerprint density at radius 2 is 1.59 bits per heavy atom. The number of halogens is 2. The van der Waals surface area contributed by atoms with E-state index in [-0.39, 0.29) is 17.4 Å². The van der Waals surface area contributed by atoms with Crippen molar-refractivity contribution in [3.8, 4) is 11.4 Å². The highest BCUT2D eigenvalue weighted by molar-refractivity contribution is 8.00. The molecule has 0 N–H and O–H groups in total. The molecule has 0 aliphatic carbocycles. The molecule has 0 radical (unpaired) electrons. The van der Waals surface area contributed by atoms with Crippen molar-refractivity contribution in [3.63, 3.8) is 0 Å². The fourth-order valence-corrected chi connectivity index (χ4v) is 3.77. The summed E-state index contributed by atoms with van der Waals surface area (Å²) in [5, 5.41) is 1.05. The smallest absolute Gasteiger partial charge is 0.173 e. The van der Waals surface area contributed by atoms with Crippen LogP contribution in [0.3, 0.4) is 0 Å².